The number of carbonyl (C=O) groups excluding carboxylic acids is 1. The second-order valence-corrected chi connectivity index (χ2v) is 5.85. The van der Waals surface area contributed by atoms with Gasteiger partial charge in [0.25, 0.3) is 0 Å². The quantitative estimate of drug-likeness (QED) is 0.854. The first-order valence-corrected chi connectivity index (χ1v) is 6.04. The van der Waals surface area contributed by atoms with Crippen LogP contribution in [0.2, 0.25) is 0 Å². The first-order chi connectivity index (χ1) is 8.57. The molecule has 0 saturated heterocycles. The van der Waals surface area contributed by atoms with Gasteiger partial charge in [-0.2, -0.15) is 5.10 Å². The van der Waals surface area contributed by atoms with Crippen molar-refractivity contribution in [3.05, 3.63) is 11.8 Å². The SMILES string of the molecule is CC(C)(C)OC(=O)n1nc(C2CC(F)(F)C2)cc1N. The number of hydrogen-bond donors (Lipinski definition) is 1. The van der Waals surface area contributed by atoms with Gasteiger partial charge in [0.2, 0.25) is 5.92 Å². The summed E-state index contributed by atoms with van der Waals surface area (Å²) in [6, 6.07) is 1.45. The lowest BCUT2D eigenvalue weighted by Crippen LogP contribution is -2.34. The fraction of sp³-hybridized carbons (Fsp3) is 0.667. The molecule has 2 N–H and O–H groups in total. The number of alkyl halides is 2. The van der Waals surface area contributed by atoms with Crippen molar-refractivity contribution < 1.29 is 18.3 Å². The Hall–Kier alpha value is -1.66. The summed E-state index contributed by atoms with van der Waals surface area (Å²) in [6.07, 6.45) is -1.21. The average molecular weight is 273 g/mol. The second-order valence-electron chi connectivity index (χ2n) is 5.85. The number of aromatic nitrogens is 2. The Morgan fingerprint density at radius 2 is 2.11 bits per heavy atom. The molecule has 1 fully saturated rings. The Labute approximate surface area is 109 Å². The monoisotopic (exact) mass is 273 g/mol. The summed E-state index contributed by atoms with van der Waals surface area (Å²) < 4.78 is 31.6. The van der Waals surface area contributed by atoms with Crippen molar-refractivity contribution in [1.29, 1.82) is 0 Å². The number of nitrogens with zero attached hydrogens (tertiary/aromatic N) is 2. The maximum Gasteiger partial charge on any atom is 0.437 e. The van der Waals surface area contributed by atoms with Crippen molar-refractivity contribution in [3.63, 3.8) is 0 Å². The van der Waals surface area contributed by atoms with Crippen molar-refractivity contribution >= 4 is 11.9 Å². The first-order valence-electron chi connectivity index (χ1n) is 6.04. The third-order valence-electron chi connectivity index (χ3n) is 2.83. The summed E-state index contributed by atoms with van der Waals surface area (Å²) in [5.41, 5.74) is 5.40. The molecule has 0 atom stereocenters. The lowest BCUT2D eigenvalue weighted by atomic mass is 9.79. The minimum atomic E-state index is -2.63. The summed E-state index contributed by atoms with van der Waals surface area (Å²) in [5, 5.41) is 3.97. The molecule has 0 aromatic carbocycles. The number of nitrogens with two attached hydrogens (primary N) is 1. The molecule has 0 bridgehead atoms. The van der Waals surface area contributed by atoms with E-state index in [-0.39, 0.29) is 24.6 Å². The highest BCUT2D eigenvalue weighted by molar-refractivity contribution is 5.73. The van der Waals surface area contributed by atoms with E-state index in [1.807, 2.05) is 0 Å². The fourth-order valence-electron chi connectivity index (χ4n) is 1.94. The van der Waals surface area contributed by atoms with E-state index in [1.54, 1.807) is 20.8 Å². The van der Waals surface area contributed by atoms with Crippen LogP contribution in [0.1, 0.15) is 45.2 Å². The molecule has 5 nitrogen and oxygen atoms in total. The standard InChI is InChI=1S/C12H17F2N3O2/c1-11(2,3)19-10(18)17-9(15)4-8(16-17)7-5-12(13,14)6-7/h4,7H,5-6,15H2,1-3H3. The summed E-state index contributed by atoms with van der Waals surface area (Å²) in [5.74, 6) is -2.88. The third kappa shape index (κ3) is 3.02. The molecule has 0 aliphatic heterocycles. The number of carbonyl (C=O) groups is 1. The van der Waals surface area contributed by atoms with Gasteiger partial charge in [0.05, 0.1) is 5.69 Å². The van der Waals surface area contributed by atoms with Gasteiger partial charge in [-0.25, -0.2) is 13.6 Å². The Bertz CT molecular complexity index is 498. The molecule has 1 heterocycles. The smallest absolute Gasteiger partial charge is 0.437 e. The van der Waals surface area contributed by atoms with E-state index in [9.17, 15) is 13.6 Å². The Kier molecular flexibility index (Phi) is 3.03. The Morgan fingerprint density at radius 1 is 1.53 bits per heavy atom. The van der Waals surface area contributed by atoms with Crippen molar-refractivity contribution in [2.45, 2.75) is 51.1 Å². The second kappa shape index (κ2) is 4.18. The van der Waals surface area contributed by atoms with Crippen LogP contribution < -0.4 is 5.73 Å². The molecule has 106 valence electrons. The summed E-state index contributed by atoms with van der Waals surface area (Å²) >= 11 is 0. The van der Waals surface area contributed by atoms with Gasteiger partial charge in [-0.1, -0.05) is 0 Å². The van der Waals surface area contributed by atoms with E-state index in [4.69, 9.17) is 10.5 Å². The first kappa shape index (κ1) is 13.8. The molecule has 1 aromatic rings. The van der Waals surface area contributed by atoms with Crippen LogP contribution in [-0.2, 0) is 4.74 Å². The van der Waals surface area contributed by atoms with Crippen LogP contribution in [0.3, 0.4) is 0 Å². The number of halogens is 2. The molecule has 2 rings (SSSR count). The number of ether oxygens (including phenoxy) is 1. The lowest BCUT2D eigenvalue weighted by molar-refractivity contribution is -0.0876. The normalized spacial score (nSPS) is 19.0. The van der Waals surface area contributed by atoms with Gasteiger partial charge in [0.1, 0.15) is 11.4 Å². The van der Waals surface area contributed by atoms with Crippen LogP contribution in [-0.4, -0.2) is 27.4 Å². The summed E-state index contributed by atoms with van der Waals surface area (Å²) in [6.45, 7) is 5.16. The van der Waals surface area contributed by atoms with Gasteiger partial charge in [-0.15, -0.1) is 4.68 Å². The zero-order valence-corrected chi connectivity index (χ0v) is 11.1. The van der Waals surface area contributed by atoms with Gasteiger partial charge in [-0.3, -0.25) is 0 Å². The summed E-state index contributed by atoms with van der Waals surface area (Å²) in [4.78, 5) is 11.8. The Morgan fingerprint density at radius 3 is 2.58 bits per heavy atom. The highest BCUT2D eigenvalue weighted by atomic mass is 19.3. The summed E-state index contributed by atoms with van der Waals surface area (Å²) in [7, 11) is 0. The molecule has 1 aliphatic carbocycles. The van der Waals surface area contributed by atoms with Gasteiger partial charge in [-0.05, 0) is 20.8 Å². The van der Waals surface area contributed by atoms with Crippen LogP contribution >= 0.6 is 0 Å². The minimum Gasteiger partial charge on any atom is -0.442 e. The number of hydrogen-bond acceptors (Lipinski definition) is 4. The third-order valence-corrected chi connectivity index (χ3v) is 2.83. The molecule has 0 spiro atoms. The molecular weight excluding hydrogens is 256 g/mol. The van der Waals surface area contributed by atoms with E-state index >= 15 is 0 Å². The zero-order chi connectivity index (χ0) is 14.4. The molecule has 1 aromatic heterocycles. The topological polar surface area (TPSA) is 70.1 Å². The van der Waals surface area contributed by atoms with E-state index in [0.29, 0.717) is 5.69 Å². The highest BCUT2D eigenvalue weighted by Crippen LogP contribution is 2.48. The van der Waals surface area contributed by atoms with E-state index in [0.717, 1.165) is 4.68 Å². The predicted octanol–water partition coefficient (Wildman–Crippen LogP) is 2.76. The molecule has 0 unspecified atom stereocenters. The molecular formula is C12H17F2N3O2. The number of nitrogen functional groups attached to an aromatic ring is 1. The van der Waals surface area contributed by atoms with Crippen LogP contribution in [0.25, 0.3) is 0 Å². The number of rotatable bonds is 1. The lowest BCUT2D eigenvalue weighted by Gasteiger charge is -2.33. The molecule has 0 amide bonds. The molecule has 19 heavy (non-hydrogen) atoms. The van der Waals surface area contributed by atoms with Crippen LogP contribution in [0.5, 0.6) is 0 Å². The predicted molar refractivity (Wildman–Crippen MR) is 65.2 cm³/mol. The van der Waals surface area contributed by atoms with Crippen molar-refractivity contribution in [3.8, 4) is 0 Å². The Balaban J connectivity index is 2.12. The van der Waals surface area contributed by atoms with Crippen molar-refractivity contribution in [2.75, 3.05) is 5.73 Å². The van der Waals surface area contributed by atoms with Gasteiger partial charge >= 0.3 is 6.09 Å². The van der Waals surface area contributed by atoms with Gasteiger partial charge in [0.15, 0.2) is 0 Å². The molecule has 1 saturated carbocycles. The van der Waals surface area contributed by atoms with E-state index < -0.39 is 17.6 Å². The fourth-order valence-corrected chi connectivity index (χ4v) is 1.94. The van der Waals surface area contributed by atoms with Crippen LogP contribution in [0, 0.1) is 0 Å². The highest BCUT2D eigenvalue weighted by Gasteiger charge is 2.47. The number of anilines is 1. The zero-order valence-electron chi connectivity index (χ0n) is 11.1. The van der Waals surface area contributed by atoms with Crippen molar-refractivity contribution in [2.24, 2.45) is 0 Å². The minimum absolute atomic E-state index is 0.0967. The van der Waals surface area contributed by atoms with Crippen LogP contribution in [0.15, 0.2) is 6.07 Å². The largest absolute Gasteiger partial charge is 0.442 e. The molecule has 1 aliphatic rings. The maximum atomic E-state index is 12.8. The van der Waals surface area contributed by atoms with E-state index in [2.05, 4.69) is 5.10 Å². The van der Waals surface area contributed by atoms with Gasteiger partial charge < -0.3 is 10.5 Å². The molecule has 0 radical (unpaired) electrons. The average Bonchev–Trinajstić information content (AvgIpc) is 2.53. The molecule has 7 heteroatoms. The maximum absolute atomic E-state index is 12.8. The van der Waals surface area contributed by atoms with Crippen molar-refractivity contribution in [1.82, 2.24) is 9.78 Å². The van der Waals surface area contributed by atoms with E-state index in [1.165, 1.54) is 6.07 Å². The van der Waals surface area contributed by atoms with Crippen LogP contribution in [0.4, 0.5) is 19.4 Å². The van der Waals surface area contributed by atoms with Gasteiger partial charge in [0, 0.05) is 24.8 Å².